The van der Waals surface area contributed by atoms with Crippen LogP contribution in [-0.2, 0) is 0 Å². The van der Waals surface area contributed by atoms with Gasteiger partial charge in [-0.15, -0.1) is 0 Å². The minimum Gasteiger partial charge on any atom is -0.392 e. The van der Waals surface area contributed by atoms with Crippen LogP contribution in [0, 0.1) is 5.41 Å². The Morgan fingerprint density at radius 1 is 1.31 bits per heavy atom. The van der Waals surface area contributed by atoms with Gasteiger partial charge in [0.2, 0.25) is 0 Å². The van der Waals surface area contributed by atoms with Crippen LogP contribution >= 0.6 is 11.8 Å². The summed E-state index contributed by atoms with van der Waals surface area (Å²) < 4.78 is 0. The number of hydrogen-bond donors (Lipinski definition) is 2. The second kappa shape index (κ2) is 4.87. The Bertz CT molecular complexity index is 244. The Labute approximate surface area is 104 Å². The summed E-state index contributed by atoms with van der Waals surface area (Å²) in [6, 6.07) is 1.22. The van der Waals surface area contributed by atoms with Gasteiger partial charge >= 0.3 is 0 Å². The van der Waals surface area contributed by atoms with Crippen molar-refractivity contribution in [2.45, 2.75) is 69.9 Å². The highest BCUT2D eigenvalue weighted by Crippen LogP contribution is 2.42. The Kier molecular flexibility index (Phi) is 3.87. The van der Waals surface area contributed by atoms with E-state index in [1.54, 1.807) is 0 Å². The molecule has 0 aromatic heterocycles. The number of aliphatic hydroxyl groups excluding tert-OH is 1. The molecule has 0 saturated heterocycles. The van der Waals surface area contributed by atoms with Gasteiger partial charge in [0.1, 0.15) is 0 Å². The number of hydrogen-bond acceptors (Lipinski definition) is 3. The van der Waals surface area contributed by atoms with E-state index in [4.69, 9.17) is 0 Å². The van der Waals surface area contributed by atoms with Gasteiger partial charge in [-0.2, -0.15) is 11.8 Å². The van der Waals surface area contributed by atoms with E-state index in [-0.39, 0.29) is 11.5 Å². The third-order valence-corrected chi connectivity index (χ3v) is 5.67. The van der Waals surface area contributed by atoms with Crippen molar-refractivity contribution in [3.05, 3.63) is 0 Å². The fourth-order valence-electron chi connectivity index (χ4n) is 2.95. The second-order valence-corrected chi connectivity index (χ2v) is 7.46. The van der Waals surface area contributed by atoms with Gasteiger partial charge in [0.05, 0.1) is 6.10 Å². The van der Waals surface area contributed by atoms with Crippen molar-refractivity contribution < 1.29 is 5.11 Å². The SMILES string of the molecule is CCSC1CCC(NC2CC(O)C2(C)C)C1. The van der Waals surface area contributed by atoms with Gasteiger partial charge < -0.3 is 10.4 Å². The molecule has 2 nitrogen and oxygen atoms in total. The predicted octanol–water partition coefficient (Wildman–Crippen LogP) is 2.41. The van der Waals surface area contributed by atoms with Crippen molar-refractivity contribution in [2.24, 2.45) is 5.41 Å². The Balaban J connectivity index is 1.76. The van der Waals surface area contributed by atoms with Crippen molar-refractivity contribution >= 4 is 11.8 Å². The van der Waals surface area contributed by atoms with Crippen LogP contribution < -0.4 is 5.32 Å². The van der Waals surface area contributed by atoms with E-state index < -0.39 is 0 Å². The number of thioether (sulfide) groups is 1. The molecule has 0 radical (unpaired) electrons. The van der Waals surface area contributed by atoms with Crippen LogP contribution in [-0.4, -0.2) is 34.3 Å². The first-order chi connectivity index (χ1) is 7.54. The molecular weight excluding hydrogens is 218 g/mol. The molecule has 0 aliphatic heterocycles. The lowest BCUT2D eigenvalue weighted by Crippen LogP contribution is -2.61. The molecule has 2 N–H and O–H groups in total. The largest absolute Gasteiger partial charge is 0.392 e. The standard InChI is InChI=1S/C13H25NOS/c1-4-16-10-6-5-9(7-10)14-11-8-12(15)13(11,2)3/h9-12,14-15H,4-8H2,1-3H3. The van der Waals surface area contributed by atoms with E-state index in [0.29, 0.717) is 12.1 Å². The van der Waals surface area contributed by atoms with Crippen LogP contribution in [0.3, 0.4) is 0 Å². The molecule has 0 aromatic rings. The molecule has 0 spiro atoms. The summed E-state index contributed by atoms with van der Waals surface area (Å²) in [5.41, 5.74) is 0.0794. The van der Waals surface area contributed by atoms with Gasteiger partial charge in [0.25, 0.3) is 0 Å². The minimum atomic E-state index is -0.104. The zero-order valence-electron chi connectivity index (χ0n) is 10.7. The van der Waals surface area contributed by atoms with Gasteiger partial charge in [-0.05, 0) is 31.4 Å². The third kappa shape index (κ3) is 2.41. The smallest absolute Gasteiger partial charge is 0.0621 e. The lowest BCUT2D eigenvalue weighted by molar-refractivity contribution is -0.0756. The summed E-state index contributed by atoms with van der Waals surface area (Å²) in [7, 11) is 0. The van der Waals surface area contributed by atoms with Crippen molar-refractivity contribution in [1.29, 1.82) is 0 Å². The van der Waals surface area contributed by atoms with Crippen LogP contribution in [0.5, 0.6) is 0 Å². The molecule has 3 heteroatoms. The third-order valence-electron chi connectivity index (χ3n) is 4.44. The first-order valence-corrected chi connectivity index (χ1v) is 7.64. The van der Waals surface area contributed by atoms with Crippen LogP contribution in [0.15, 0.2) is 0 Å². The molecule has 2 fully saturated rings. The summed E-state index contributed by atoms with van der Waals surface area (Å²) in [6.07, 6.45) is 4.84. The highest BCUT2D eigenvalue weighted by molar-refractivity contribution is 7.99. The van der Waals surface area contributed by atoms with E-state index in [2.05, 4.69) is 37.8 Å². The lowest BCUT2D eigenvalue weighted by atomic mass is 9.64. The summed E-state index contributed by atoms with van der Waals surface area (Å²) in [4.78, 5) is 0. The maximum atomic E-state index is 9.71. The predicted molar refractivity (Wildman–Crippen MR) is 70.9 cm³/mol. The van der Waals surface area contributed by atoms with Gasteiger partial charge in [-0.1, -0.05) is 20.8 Å². The van der Waals surface area contributed by atoms with Crippen LogP contribution in [0.2, 0.25) is 0 Å². The van der Waals surface area contributed by atoms with Crippen LogP contribution in [0.25, 0.3) is 0 Å². The van der Waals surface area contributed by atoms with Gasteiger partial charge in [0, 0.05) is 22.7 Å². The average molecular weight is 243 g/mol. The summed E-state index contributed by atoms with van der Waals surface area (Å²) in [5.74, 6) is 1.24. The fraction of sp³-hybridized carbons (Fsp3) is 1.00. The lowest BCUT2D eigenvalue weighted by Gasteiger charge is -2.50. The fourth-order valence-corrected chi connectivity index (χ4v) is 4.09. The molecule has 0 aromatic carbocycles. The molecule has 0 bridgehead atoms. The molecule has 2 aliphatic rings. The molecule has 4 unspecified atom stereocenters. The summed E-state index contributed by atoms with van der Waals surface area (Å²) >= 11 is 2.11. The quantitative estimate of drug-likeness (QED) is 0.795. The zero-order valence-corrected chi connectivity index (χ0v) is 11.5. The minimum absolute atomic E-state index is 0.0794. The maximum absolute atomic E-state index is 9.71. The highest BCUT2D eigenvalue weighted by Gasteiger charge is 2.48. The molecule has 94 valence electrons. The molecule has 2 rings (SSSR count). The molecular formula is C13H25NOS. The normalized spacial score (nSPS) is 42.0. The molecule has 0 amide bonds. The van der Waals surface area contributed by atoms with Crippen LogP contribution in [0.4, 0.5) is 0 Å². The highest BCUT2D eigenvalue weighted by atomic mass is 32.2. The van der Waals surface area contributed by atoms with E-state index in [0.717, 1.165) is 11.7 Å². The van der Waals surface area contributed by atoms with Crippen molar-refractivity contribution in [3.8, 4) is 0 Å². The van der Waals surface area contributed by atoms with E-state index in [1.165, 1.54) is 25.0 Å². The first kappa shape index (κ1) is 12.7. The monoisotopic (exact) mass is 243 g/mol. The Hall–Kier alpha value is 0.270. The number of aliphatic hydroxyl groups is 1. The van der Waals surface area contributed by atoms with Crippen molar-refractivity contribution in [3.63, 3.8) is 0 Å². The zero-order chi connectivity index (χ0) is 11.8. The number of nitrogens with one attached hydrogen (secondary N) is 1. The van der Waals surface area contributed by atoms with E-state index in [9.17, 15) is 5.11 Å². The summed E-state index contributed by atoms with van der Waals surface area (Å²) in [6.45, 7) is 6.59. The van der Waals surface area contributed by atoms with Gasteiger partial charge in [-0.25, -0.2) is 0 Å². The molecule has 2 aliphatic carbocycles. The Morgan fingerprint density at radius 3 is 2.62 bits per heavy atom. The topological polar surface area (TPSA) is 32.3 Å². The summed E-state index contributed by atoms with van der Waals surface area (Å²) in [5, 5.41) is 14.3. The maximum Gasteiger partial charge on any atom is 0.0621 e. The van der Waals surface area contributed by atoms with E-state index >= 15 is 0 Å². The van der Waals surface area contributed by atoms with Gasteiger partial charge in [0.15, 0.2) is 0 Å². The second-order valence-electron chi connectivity index (χ2n) is 5.88. The molecule has 4 atom stereocenters. The van der Waals surface area contributed by atoms with Crippen LogP contribution in [0.1, 0.15) is 46.5 Å². The Morgan fingerprint density at radius 2 is 2.06 bits per heavy atom. The average Bonchev–Trinajstić information content (AvgIpc) is 2.66. The molecule has 16 heavy (non-hydrogen) atoms. The van der Waals surface area contributed by atoms with E-state index in [1.807, 2.05) is 0 Å². The first-order valence-electron chi connectivity index (χ1n) is 6.59. The van der Waals surface area contributed by atoms with Crippen molar-refractivity contribution in [2.75, 3.05) is 5.75 Å². The number of rotatable bonds is 4. The van der Waals surface area contributed by atoms with Crippen molar-refractivity contribution in [1.82, 2.24) is 5.32 Å². The molecule has 0 heterocycles. The van der Waals surface area contributed by atoms with Gasteiger partial charge in [-0.3, -0.25) is 0 Å². The molecule has 2 saturated carbocycles.